The van der Waals surface area contributed by atoms with Gasteiger partial charge >= 0.3 is 0 Å². The number of rotatable bonds is 4. The number of hydrogen-bond acceptors (Lipinski definition) is 3. The maximum absolute atomic E-state index is 12.5. The quantitative estimate of drug-likeness (QED) is 0.563. The molecule has 0 aliphatic rings. The number of aromatic nitrogens is 1. The molecule has 0 fully saturated rings. The summed E-state index contributed by atoms with van der Waals surface area (Å²) in [6.07, 6.45) is 0.795. The summed E-state index contributed by atoms with van der Waals surface area (Å²) < 4.78 is 12.5. The van der Waals surface area contributed by atoms with Crippen molar-refractivity contribution in [3.05, 3.63) is 29.8 Å². The Morgan fingerprint density at radius 2 is 2.07 bits per heavy atom. The Balaban J connectivity index is 2.69. The van der Waals surface area contributed by atoms with E-state index in [1.807, 2.05) is 0 Å². The van der Waals surface area contributed by atoms with E-state index in [1.54, 1.807) is 13.8 Å². The predicted molar refractivity (Wildman–Crippen MR) is 53.0 cm³/mol. The van der Waals surface area contributed by atoms with Crippen LogP contribution in [0.25, 0.3) is 0 Å². The van der Waals surface area contributed by atoms with E-state index in [-0.39, 0.29) is 29.6 Å². The van der Waals surface area contributed by atoms with Crippen molar-refractivity contribution in [2.24, 2.45) is 5.92 Å². The molecule has 15 heavy (non-hydrogen) atoms. The summed E-state index contributed by atoms with van der Waals surface area (Å²) in [4.78, 5) is 26.3. The van der Waals surface area contributed by atoms with Gasteiger partial charge < -0.3 is 0 Å². The lowest BCUT2D eigenvalue weighted by atomic mass is 10.0. The minimum atomic E-state index is -0.498. The summed E-state index contributed by atoms with van der Waals surface area (Å²) in [5.74, 6) is -1.17. The zero-order valence-corrected chi connectivity index (χ0v) is 8.66. The normalized spacial score (nSPS) is 10.4. The molecule has 0 atom stereocenters. The van der Waals surface area contributed by atoms with Crippen molar-refractivity contribution in [3.63, 3.8) is 0 Å². The predicted octanol–water partition coefficient (Wildman–Crippen LogP) is 2.02. The number of carbonyl (C=O) groups excluding carboxylic acids is 2. The molecule has 0 amide bonds. The molecule has 4 heteroatoms. The minimum Gasteiger partial charge on any atom is -0.299 e. The topological polar surface area (TPSA) is 47.0 Å². The first kappa shape index (κ1) is 11.5. The van der Waals surface area contributed by atoms with Crippen molar-refractivity contribution in [2.75, 3.05) is 0 Å². The standard InChI is InChI=1S/C11H12FNO2/c1-7(2)10(14)5-11(15)9-4-3-8(12)6-13-9/h3-4,6-7H,5H2,1-2H3. The second kappa shape index (κ2) is 4.77. The molecule has 0 N–H and O–H groups in total. The van der Waals surface area contributed by atoms with Crippen LogP contribution in [0.2, 0.25) is 0 Å². The number of pyridine rings is 1. The van der Waals surface area contributed by atoms with E-state index in [1.165, 1.54) is 6.07 Å². The molecule has 0 aromatic carbocycles. The van der Waals surface area contributed by atoms with Crippen molar-refractivity contribution in [1.29, 1.82) is 0 Å². The zero-order chi connectivity index (χ0) is 11.4. The van der Waals surface area contributed by atoms with Crippen LogP contribution in [0, 0.1) is 11.7 Å². The highest BCUT2D eigenvalue weighted by molar-refractivity contribution is 6.07. The van der Waals surface area contributed by atoms with E-state index in [0.717, 1.165) is 12.3 Å². The van der Waals surface area contributed by atoms with Crippen LogP contribution in [0.15, 0.2) is 18.3 Å². The van der Waals surface area contributed by atoms with Gasteiger partial charge in [0, 0.05) is 5.92 Å². The van der Waals surface area contributed by atoms with Crippen LogP contribution >= 0.6 is 0 Å². The molecule has 0 bridgehead atoms. The van der Waals surface area contributed by atoms with Crippen molar-refractivity contribution in [2.45, 2.75) is 20.3 Å². The van der Waals surface area contributed by atoms with E-state index in [9.17, 15) is 14.0 Å². The fourth-order valence-corrected chi connectivity index (χ4v) is 0.994. The molecule has 1 heterocycles. The molecular formula is C11H12FNO2. The Labute approximate surface area is 87.3 Å². The van der Waals surface area contributed by atoms with Crippen LogP contribution in [-0.2, 0) is 4.79 Å². The number of carbonyl (C=O) groups is 2. The summed E-state index contributed by atoms with van der Waals surface area (Å²) in [5, 5.41) is 0. The number of Topliss-reactive ketones (excluding diaryl/α,β-unsaturated/α-hetero) is 2. The highest BCUT2D eigenvalue weighted by Crippen LogP contribution is 2.06. The number of halogens is 1. The van der Waals surface area contributed by atoms with E-state index in [2.05, 4.69) is 4.98 Å². The molecule has 3 nitrogen and oxygen atoms in total. The highest BCUT2D eigenvalue weighted by Gasteiger charge is 2.15. The van der Waals surface area contributed by atoms with Crippen molar-refractivity contribution in [3.8, 4) is 0 Å². The smallest absolute Gasteiger partial charge is 0.188 e. The number of ketones is 2. The first-order chi connectivity index (χ1) is 7.00. The first-order valence-electron chi connectivity index (χ1n) is 4.68. The van der Waals surface area contributed by atoms with Crippen molar-refractivity contribution in [1.82, 2.24) is 4.98 Å². The van der Waals surface area contributed by atoms with Crippen LogP contribution < -0.4 is 0 Å². The van der Waals surface area contributed by atoms with E-state index >= 15 is 0 Å². The van der Waals surface area contributed by atoms with Gasteiger partial charge in [0.1, 0.15) is 17.3 Å². The minimum absolute atomic E-state index is 0.130. The van der Waals surface area contributed by atoms with Crippen LogP contribution in [-0.4, -0.2) is 16.6 Å². The van der Waals surface area contributed by atoms with Gasteiger partial charge in [-0.05, 0) is 12.1 Å². The van der Waals surface area contributed by atoms with Crippen LogP contribution in [0.4, 0.5) is 4.39 Å². The van der Waals surface area contributed by atoms with Crippen molar-refractivity contribution < 1.29 is 14.0 Å². The largest absolute Gasteiger partial charge is 0.299 e. The summed E-state index contributed by atoms with van der Waals surface area (Å²) in [6.45, 7) is 3.46. The fourth-order valence-electron chi connectivity index (χ4n) is 0.994. The lowest BCUT2D eigenvalue weighted by Gasteiger charge is -2.02. The van der Waals surface area contributed by atoms with Gasteiger partial charge in [0.2, 0.25) is 0 Å². The monoisotopic (exact) mass is 209 g/mol. The fraction of sp³-hybridized carbons (Fsp3) is 0.364. The first-order valence-corrected chi connectivity index (χ1v) is 4.68. The Bertz CT molecular complexity index is 371. The Morgan fingerprint density at radius 1 is 1.40 bits per heavy atom. The highest BCUT2D eigenvalue weighted by atomic mass is 19.1. The van der Waals surface area contributed by atoms with Crippen LogP contribution in [0.5, 0.6) is 0 Å². The van der Waals surface area contributed by atoms with Crippen LogP contribution in [0.3, 0.4) is 0 Å². The number of nitrogens with zero attached hydrogens (tertiary/aromatic N) is 1. The maximum Gasteiger partial charge on any atom is 0.188 e. The maximum atomic E-state index is 12.5. The third-order valence-electron chi connectivity index (χ3n) is 1.99. The Hall–Kier alpha value is -1.58. The third-order valence-corrected chi connectivity index (χ3v) is 1.99. The van der Waals surface area contributed by atoms with Crippen LogP contribution in [0.1, 0.15) is 30.8 Å². The molecular weight excluding hydrogens is 197 g/mol. The summed E-state index contributed by atoms with van der Waals surface area (Å²) in [5.41, 5.74) is 0.130. The third kappa shape index (κ3) is 3.23. The Morgan fingerprint density at radius 3 is 2.53 bits per heavy atom. The van der Waals surface area contributed by atoms with E-state index in [0.29, 0.717) is 0 Å². The van der Waals surface area contributed by atoms with Gasteiger partial charge in [0.05, 0.1) is 12.6 Å². The molecule has 0 aliphatic carbocycles. The average Bonchev–Trinajstić information content (AvgIpc) is 2.18. The molecule has 1 aromatic rings. The summed E-state index contributed by atoms with van der Waals surface area (Å²) in [7, 11) is 0. The molecule has 0 unspecified atom stereocenters. The van der Waals surface area contributed by atoms with Gasteiger partial charge in [0.15, 0.2) is 5.78 Å². The van der Waals surface area contributed by atoms with Gasteiger partial charge in [-0.1, -0.05) is 13.8 Å². The summed E-state index contributed by atoms with van der Waals surface area (Å²) in [6, 6.07) is 2.44. The summed E-state index contributed by atoms with van der Waals surface area (Å²) >= 11 is 0. The van der Waals surface area contributed by atoms with Gasteiger partial charge in [0.25, 0.3) is 0 Å². The molecule has 80 valence electrons. The van der Waals surface area contributed by atoms with Gasteiger partial charge in [-0.3, -0.25) is 14.6 Å². The van der Waals surface area contributed by atoms with Crippen molar-refractivity contribution >= 4 is 11.6 Å². The second-order valence-electron chi connectivity index (χ2n) is 3.58. The molecule has 1 aromatic heterocycles. The molecule has 0 saturated carbocycles. The molecule has 1 rings (SSSR count). The van der Waals surface area contributed by atoms with Gasteiger partial charge in [-0.15, -0.1) is 0 Å². The molecule has 0 aliphatic heterocycles. The number of hydrogen-bond donors (Lipinski definition) is 0. The lowest BCUT2D eigenvalue weighted by Crippen LogP contribution is -2.14. The second-order valence-corrected chi connectivity index (χ2v) is 3.58. The van der Waals surface area contributed by atoms with E-state index in [4.69, 9.17) is 0 Å². The van der Waals surface area contributed by atoms with Gasteiger partial charge in [-0.25, -0.2) is 4.39 Å². The lowest BCUT2D eigenvalue weighted by molar-refractivity contribution is -0.121. The molecule has 0 saturated heterocycles. The van der Waals surface area contributed by atoms with Gasteiger partial charge in [-0.2, -0.15) is 0 Å². The Kier molecular flexibility index (Phi) is 3.66. The average molecular weight is 209 g/mol. The van der Waals surface area contributed by atoms with E-state index < -0.39 is 5.82 Å². The SMILES string of the molecule is CC(C)C(=O)CC(=O)c1ccc(F)cn1. The zero-order valence-electron chi connectivity index (χ0n) is 8.66. The molecule has 0 spiro atoms. The molecule has 0 radical (unpaired) electrons.